The van der Waals surface area contributed by atoms with Gasteiger partial charge in [-0.2, -0.15) is 0 Å². The molecule has 0 spiro atoms. The van der Waals surface area contributed by atoms with E-state index in [4.69, 9.17) is 0 Å². The molecule has 1 fully saturated rings. The van der Waals surface area contributed by atoms with Crippen LogP contribution in [0, 0.1) is 5.82 Å². The molecule has 0 bridgehead atoms. The number of nitrogens with zero attached hydrogens (tertiary/aromatic N) is 3. The minimum absolute atomic E-state index is 0.0915. The molecule has 1 aliphatic heterocycles. The number of carbonyl (C=O) groups is 1. The Bertz CT molecular complexity index is 1120. The van der Waals surface area contributed by atoms with Gasteiger partial charge < -0.3 is 9.88 Å². The fourth-order valence-corrected chi connectivity index (χ4v) is 3.43. The van der Waals surface area contributed by atoms with Gasteiger partial charge in [0.1, 0.15) is 11.6 Å². The molecule has 0 saturated carbocycles. The van der Waals surface area contributed by atoms with Crippen molar-refractivity contribution in [3.05, 3.63) is 82.2 Å². The Morgan fingerprint density at radius 2 is 1.90 bits per heavy atom. The second-order valence-electron chi connectivity index (χ2n) is 7.02. The highest BCUT2D eigenvalue weighted by Gasteiger charge is 2.20. The zero-order valence-electron chi connectivity index (χ0n) is 15.8. The lowest BCUT2D eigenvalue weighted by Gasteiger charge is -2.33. The molecule has 148 valence electrons. The number of aromatic nitrogens is 2. The molecular weight excluding hydrogens is 371 g/mol. The van der Waals surface area contributed by atoms with E-state index in [2.05, 4.69) is 14.9 Å². The lowest BCUT2D eigenvalue weighted by atomic mass is 10.2. The van der Waals surface area contributed by atoms with E-state index in [1.54, 1.807) is 29.2 Å². The third-order valence-electron chi connectivity index (χ3n) is 4.99. The molecule has 0 unspecified atom stereocenters. The molecule has 29 heavy (non-hydrogen) atoms. The molecule has 0 radical (unpaired) electrons. The van der Waals surface area contributed by atoms with E-state index >= 15 is 0 Å². The Balaban J connectivity index is 1.35. The number of carbonyl (C=O) groups excluding carboxylic acids is 1. The van der Waals surface area contributed by atoms with Gasteiger partial charge >= 0.3 is 0 Å². The van der Waals surface area contributed by atoms with E-state index in [1.165, 1.54) is 18.2 Å². The Hall–Kier alpha value is -3.32. The smallest absolute Gasteiger partial charge is 0.258 e. The van der Waals surface area contributed by atoms with Crippen molar-refractivity contribution in [2.24, 2.45) is 0 Å². The number of hydrogen-bond acceptors (Lipinski definition) is 4. The number of nitrogens with one attached hydrogen (secondary N) is 1. The van der Waals surface area contributed by atoms with Crippen LogP contribution in [0.2, 0.25) is 0 Å². The van der Waals surface area contributed by atoms with Crippen molar-refractivity contribution in [3.63, 3.8) is 0 Å². The molecule has 1 N–H and O–H groups in total. The average molecular weight is 392 g/mol. The zero-order chi connectivity index (χ0) is 20.2. The summed E-state index contributed by atoms with van der Waals surface area (Å²) < 4.78 is 13.2. The first-order valence-corrected chi connectivity index (χ1v) is 9.51. The maximum atomic E-state index is 13.2. The van der Waals surface area contributed by atoms with Gasteiger partial charge in [-0.1, -0.05) is 24.3 Å². The van der Waals surface area contributed by atoms with Gasteiger partial charge in [0.05, 0.1) is 17.4 Å². The Kier molecular flexibility index (Phi) is 5.48. The van der Waals surface area contributed by atoms with Gasteiger partial charge in [-0.25, -0.2) is 9.37 Å². The number of halogens is 1. The quantitative estimate of drug-likeness (QED) is 0.693. The average Bonchev–Trinajstić information content (AvgIpc) is 2.73. The maximum Gasteiger partial charge on any atom is 0.258 e. The van der Waals surface area contributed by atoms with Crippen LogP contribution in [-0.2, 0) is 11.3 Å². The fraction of sp³-hybridized carbons (Fsp3) is 0.227. The lowest BCUT2D eigenvalue weighted by Crippen LogP contribution is -2.48. The van der Waals surface area contributed by atoms with Crippen LogP contribution in [-0.4, -0.2) is 51.9 Å². The van der Waals surface area contributed by atoms with E-state index in [9.17, 15) is 14.0 Å². The predicted molar refractivity (Wildman–Crippen MR) is 110 cm³/mol. The summed E-state index contributed by atoms with van der Waals surface area (Å²) in [7, 11) is 0. The van der Waals surface area contributed by atoms with Gasteiger partial charge in [0.15, 0.2) is 0 Å². The number of aromatic amines is 1. The number of para-hydroxylation sites is 1. The molecule has 1 aliphatic rings. The van der Waals surface area contributed by atoms with Crippen LogP contribution in [0.25, 0.3) is 17.0 Å². The molecule has 2 heterocycles. The highest BCUT2D eigenvalue weighted by atomic mass is 19.1. The molecule has 7 heteroatoms. The van der Waals surface area contributed by atoms with E-state index in [1.807, 2.05) is 18.2 Å². The van der Waals surface area contributed by atoms with Gasteiger partial charge in [0.25, 0.3) is 5.56 Å². The SMILES string of the molecule is O=C(/C=C/c1cccc(F)c1)N1CCN(Cc2nc3ccccc3c(=O)[nH]2)CC1. The van der Waals surface area contributed by atoms with Crippen molar-refractivity contribution in [2.75, 3.05) is 26.2 Å². The summed E-state index contributed by atoms with van der Waals surface area (Å²) in [4.78, 5) is 35.9. The molecule has 0 atom stereocenters. The zero-order valence-corrected chi connectivity index (χ0v) is 15.8. The van der Waals surface area contributed by atoms with Gasteiger partial charge in [-0.3, -0.25) is 14.5 Å². The van der Waals surface area contributed by atoms with Crippen molar-refractivity contribution in [1.82, 2.24) is 19.8 Å². The molecule has 6 nitrogen and oxygen atoms in total. The first kappa shape index (κ1) is 19.0. The third-order valence-corrected chi connectivity index (χ3v) is 4.99. The molecule has 1 amide bonds. The molecule has 4 rings (SSSR count). The molecule has 0 aliphatic carbocycles. The van der Waals surface area contributed by atoms with Crippen molar-refractivity contribution < 1.29 is 9.18 Å². The molecule has 1 aromatic heterocycles. The first-order valence-electron chi connectivity index (χ1n) is 9.51. The number of rotatable bonds is 4. The molecule has 1 saturated heterocycles. The van der Waals surface area contributed by atoms with Crippen LogP contribution in [0.5, 0.6) is 0 Å². The molecule has 2 aromatic carbocycles. The van der Waals surface area contributed by atoms with Crippen LogP contribution in [0.1, 0.15) is 11.4 Å². The van der Waals surface area contributed by atoms with Crippen LogP contribution in [0.3, 0.4) is 0 Å². The number of H-pyrrole nitrogens is 1. The van der Waals surface area contributed by atoms with Crippen LogP contribution < -0.4 is 5.56 Å². The summed E-state index contributed by atoms with van der Waals surface area (Å²) in [6.45, 7) is 3.08. The summed E-state index contributed by atoms with van der Waals surface area (Å²) in [5.74, 6) is 0.208. The maximum absolute atomic E-state index is 13.2. The van der Waals surface area contributed by atoms with Crippen LogP contribution >= 0.6 is 0 Å². The summed E-state index contributed by atoms with van der Waals surface area (Å²) in [5, 5.41) is 0.580. The summed E-state index contributed by atoms with van der Waals surface area (Å²) in [6.07, 6.45) is 3.11. The van der Waals surface area contributed by atoms with E-state index in [0.29, 0.717) is 55.0 Å². The van der Waals surface area contributed by atoms with E-state index in [-0.39, 0.29) is 17.3 Å². The van der Waals surface area contributed by atoms with E-state index in [0.717, 1.165) is 0 Å². The monoisotopic (exact) mass is 392 g/mol. The topological polar surface area (TPSA) is 69.3 Å². The Labute approximate surface area is 167 Å². The van der Waals surface area contributed by atoms with Crippen LogP contribution in [0.15, 0.2) is 59.4 Å². The number of hydrogen-bond donors (Lipinski definition) is 1. The van der Waals surface area contributed by atoms with Crippen molar-refractivity contribution in [3.8, 4) is 0 Å². The summed E-state index contributed by atoms with van der Waals surface area (Å²) >= 11 is 0. The first-order chi connectivity index (χ1) is 14.1. The lowest BCUT2D eigenvalue weighted by molar-refractivity contribution is -0.127. The molecule has 3 aromatic rings. The Morgan fingerprint density at radius 3 is 2.69 bits per heavy atom. The van der Waals surface area contributed by atoms with E-state index < -0.39 is 0 Å². The highest BCUT2D eigenvalue weighted by molar-refractivity contribution is 5.91. The molecular formula is C22H21FN4O2. The third kappa shape index (κ3) is 4.57. The van der Waals surface area contributed by atoms with Gasteiger partial charge in [0.2, 0.25) is 5.91 Å². The summed E-state index contributed by atoms with van der Waals surface area (Å²) in [6, 6.07) is 13.4. The number of amides is 1. The Morgan fingerprint density at radius 1 is 1.10 bits per heavy atom. The normalized spacial score (nSPS) is 15.3. The van der Waals surface area contributed by atoms with Crippen molar-refractivity contribution in [1.29, 1.82) is 0 Å². The largest absolute Gasteiger partial charge is 0.337 e. The highest BCUT2D eigenvalue weighted by Crippen LogP contribution is 2.10. The van der Waals surface area contributed by atoms with Gasteiger partial charge in [-0.05, 0) is 35.9 Å². The number of piperazine rings is 1. The van der Waals surface area contributed by atoms with Crippen molar-refractivity contribution in [2.45, 2.75) is 6.54 Å². The van der Waals surface area contributed by atoms with Gasteiger partial charge in [0, 0.05) is 32.3 Å². The number of benzene rings is 2. The fourth-order valence-electron chi connectivity index (χ4n) is 3.43. The van der Waals surface area contributed by atoms with Crippen molar-refractivity contribution >= 4 is 22.9 Å². The second-order valence-corrected chi connectivity index (χ2v) is 7.02. The minimum Gasteiger partial charge on any atom is -0.337 e. The minimum atomic E-state index is -0.325. The standard InChI is InChI=1S/C22H21FN4O2/c23-17-5-3-4-16(14-17)8-9-21(28)27-12-10-26(11-13-27)15-20-24-19-7-2-1-6-18(19)22(29)25-20/h1-9,14H,10-13,15H2,(H,24,25,29)/b9-8+. The van der Waals surface area contributed by atoms with Gasteiger partial charge in [-0.15, -0.1) is 0 Å². The number of fused-ring (bicyclic) bond motifs is 1. The predicted octanol–water partition coefficient (Wildman–Crippen LogP) is 2.42. The second kappa shape index (κ2) is 8.36. The van der Waals surface area contributed by atoms with Crippen LogP contribution in [0.4, 0.5) is 4.39 Å². The summed E-state index contributed by atoms with van der Waals surface area (Å²) in [5.41, 5.74) is 1.20.